The second kappa shape index (κ2) is 6.10. The molecule has 0 aliphatic heterocycles. The van der Waals surface area contributed by atoms with Gasteiger partial charge in [-0.3, -0.25) is 4.79 Å². The minimum absolute atomic E-state index is 0.102. The van der Waals surface area contributed by atoms with Crippen molar-refractivity contribution in [1.29, 1.82) is 0 Å². The molecule has 0 fully saturated rings. The number of amides is 1. The summed E-state index contributed by atoms with van der Waals surface area (Å²) in [5.74, 6) is -1.83. The molecule has 1 aromatic rings. The number of carboxylic acid groups (broad SMARTS) is 1. The molecule has 0 heterocycles. The first-order valence-corrected chi connectivity index (χ1v) is 5.42. The summed E-state index contributed by atoms with van der Waals surface area (Å²) in [5, 5.41) is 20.3. The Kier molecular flexibility index (Phi) is 4.78. The number of rotatable bonds is 5. The number of aromatic hydroxyl groups is 1. The zero-order valence-corrected chi connectivity index (χ0v) is 9.65. The number of carbonyl (C=O) groups is 2. The van der Waals surface area contributed by atoms with E-state index in [9.17, 15) is 9.59 Å². The summed E-state index contributed by atoms with van der Waals surface area (Å²) in [4.78, 5) is 21.9. The smallest absolute Gasteiger partial charge is 0.326 e. The number of alkyl halides is 1. The van der Waals surface area contributed by atoms with E-state index >= 15 is 0 Å². The van der Waals surface area contributed by atoms with Crippen molar-refractivity contribution < 1.29 is 19.8 Å². The lowest BCUT2D eigenvalue weighted by Gasteiger charge is -2.13. The summed E-state index contributed by atoms with van der Waals surface area (Å²) in [6.45, 7) is 0. The summed E-state index contributed by atoms with van der Waals surface area (Å²) in [6, 6.07) is 5.08. The molecule has 17 heavy (non-hydrogen) atoms. The molecule has 0 spiro atoms. The molecule has 3 N–H and O–H groups in total. The zero-order chi connectivity index (χ0) is 12.8. The van der Waals surface area contributed by atoms with E-state index in [0.29, 0.717) is 5.56 Å². The fraction of sp³-hybridized carbons (Fsp3) is 0.273. The molecule has 6 heteroatoms. The SMILES string of the molecule is O=C(CCl)N[C@H](Cc1ccc(O)cc1)C(=O)O. The summed E-state index contributed by atoms with van der Waals surface area (Å²) >= 11 is 5.29. The second-order valence-corrected chi connectivity index (χ2v) is 3.73. The summed E-state index contributed by atoms with van der Waals surface area (Å²) in [7, 11) is 0. The molecule has 0 saturated heterocycles. The molecule has 0 aliphatic rings. The summed E-state index contributed by atoms with van der Waals surface area (Å²) < 4.78 is 0. The van der Waals surface area contributed by atoms with Crippen LogP contribution in [0.2, 0.25) is 0 Å². The molecule has 1 amide bonds. The molecule has 0 radical (unpaired) electrons. The van der Waals surface area contributed by atoms with Gasteiger partial charge in [0.15, 0.2) is 0 Å². The van der Waals surface area contributed by atoms with Gasteiger partial charge in [-0.1, -0.05) is 12.1 Å². The number of aliphatic carboxylic acids is 1. The molecule has 1 atom stereocenters. The Morgan fingerprint density at radius 3 is 2.35 bits per heavy atom. The van der Waals surface area contributed by atoms with Gasteiger partial charge < -0.3 is 15.5 Å². The largest absolute Gasteiger partial charge is 0.508 e. The third kappa shape index (κ3) is 4.32. The van der Waals surface area contributed by atoms with Crippen LogP contribution in [0.3, 0.4) is 0 Å². The number of phenolic OH excluding ortho intramolecular Hbond substituents is 1. The highest BCUT2D eigenvalue weighted by atomic mass is 35.5. The van der Waals surface area contributed by atoms with Gasteiger partial charge in [-0.25, -0.2) is 4.79 Å². The molecule has 1 aromatic carbocycles. The average molecular weight is 258 g/mol. The molecule has 0 saturated carbocycles. The second-order valence-electron chi connectivity index (χ2n) is 3.46. The van der Waals surface area contributed by atoms with Crippen LogP contribution in [0.4, 0.5) is 0 Å². The topological polar surface area (TPSA) is 86.6 Å². The van der Waals surface area contributed by atoms with Gasteiger partial charge >= 0.3 is 5.97 Å². The van der Waals surface area contributed by atoms with Crippen LogP contribution in [0.5, 0.6) is 5.75 Å². The molecule has 0 unspecified atom stereocenters. The lowest BCUT2D eigenvalue weighted by atomic mass is 10.1. The van der Waals surface area contributed by atoms with Gasteiger partial charge in [0.25, 0.3) is 0 Å². The van der Waals surface area contributed by atoms with Crippen molar-refractivity contribution in [3.63, 3.8) is 0 Å². The first-order valence-electron chi connectivity index (χ1n) is 4.89. The normalized spacial score (nSPS) is 11.8. The highest BCUT2D eigenvalue weighted by Crippen LogP contribution is 2.11. The fourth-order valence-corrected chi connectivity index (χ4v) is 1.38. The van der Waals surface area contributed by atoms with Gasteiger partial charge in [0.1, 0.15) is 17.7 Å². The maximum Gasteiger partial charge on any atom is 0.326 e. The molecule has 0 bridgehead atoms. The molecular weight excluding hydrogens is 246 g/mol. The Morgan fingerprint density at radius 1 is 1.29 bits per heavy atom. The predicted octanol–water partition coefficient (Wildman–Crippen LogP) is 0.743. The number of carbonyl (C=O) groups excluding carboxylic acids is 1. The molecule has 0 aliphatic carbocycles. The van der Waals surface area contributed by atoms with Crippen LogP contribution in [0.1, 0.15) is 5.56 Å². The molecule has 92 valence electrons. The number of carboxylic acids is 1. The highest BCUT2D eigenvalue weighted by Gasteiger charge is 2.19. The monoisotopic (exact) mass is 257 g/mol. The number of halogens is 1. The zero-order valence-electron chi connectivity index (χ0n) is 8.89. The van der Waals surface area contributed by atoms with Gasteiger partial charge in [-0.15, -0.1) is 11.6 Å². The Bertz CT molecular complexity index is 404. The lowest BCUT2D eigenvalue weighted by molar-refractivity contribution is -0.141. The summed E-state index contributed by atoms with van der Waals surface area (Å²) in [5.41, 5.74) is 0.699. The van der Waals surface area contributed by atoms with Gasteiger partial charge in [-0.05, 0) is 17.7 Å². The Balaban J connectivity index is 2.70. The van der Waals surface area contributed by atoms with Crippen molar-refractivity contribution in [2.24, 2.45) is 0 Å². The number of hydrogen-bond donors (Lipinski definition) is 3. The number of phenols is 1. The quantitative estimate of drug-likeness (QED) is 0.679. The van der Waals surface area contributed by atoms with Gasteiger partial charge in [-0.2, -0.15) is 0 Å². The van der Waals surface area contributed by atoms with Crippen LogP contribution in [0.25, 0.3) is 0 Å². The van der Waals surface area contributed by atoms with Crippen LogP contribution in [-0.4, -0.2) is 34.0 Å². The number of benzene rings is 1. The Morgan fingerprint density at radius 2 is 1.88 bits per heavy atom. The average Bonchev–Trinajstić information content (AvgIpc) is 2.30. The minimum Gasteiger partial charge on any atom is -0.508 e. The maximum atomic E-state index is 11.0. The molecular formula is C11H12ClNO4. The third-order valence-corrected chi connectivity index (χ3v) is 2.37. The van der Waals surface area contributed by atoms with Crippen molar-refractivity contribution in [3.8, 4) is 5.75 Å². The number of nitrogens with one attached hydrogen (secondary N) is 1. The van der Waals surface area contributed by atoms with E-state index in [0.717, 1.165) is 0 Å². The maximum absolute atomic E-state index is 11.0. The third-order valence-electron chi connectivity index (χ3n) is 2.13. The Labute approximate surface area is 103 Å². The van der Waals surface area contributed by atoms with E-state index < -0.39 is 17.9 Å². The minimum atomic E-state index is -1.13. The van der Waals surface area contributed by atoms with Crippen molar-refractivity contribution in [2.75, 3.05) is 5.88 Å². The van der Waals surface area contributed by atoms with E-state index in [-0.39, 0.29) is 18.1 Å². The molecule has 1 rings (SSSR count). The van der Waals surface area contributed by atoms with Gasteiger partial charge in [0.2, 0.25) is 5.91 Å². The first kappa shape index (κ1) is 13.3. The first-order chi connectivity index (χ1) is 8.02. The summed E-state index contributed by atoms with van der Waals surface area (Å²) in [6.07, 6.45) is 0.137. The van der Waals surface area contributed by atoms with Crippen molar-refractivity contribution in [2.45, 2.75) is 12.5 Å². The van der Waals surface area contributed by atoms with Gasteiger partial charge in [0, 0.05) is 6.42 Å². The van der Waals surface area contributed by atoms with Crippen LogP contribution in [0.15, 0.2) is 24.3 Å². The van der Waals surface area contributed by atoms with Gasteiger partial charge in [0.05, 0.1) is 0 Å². The number of hydrogen-bond acceptors (Lipinski definition) is 3. The van der Waals surface area contributed by atoms with Crippen molar-refractivity contribution >= 4 is 23.5 Å². The van der Waals surface area contributed by atoms with Crippen LogP contribution in [0, 0.1) is 0 Å². The van der Waals surface area contributed by atoms with E-state index in [4.69, 9.17) is 21.8 Å². The van der Waals surface area contributed by atoms with E-state index in [1.54, 1.807) is 12.1 Å². The van der Waals surface area contributed by atoms with Crippen LogP contribution < -0.4 is 5.32 Å². The van der Waals surface area contributed by atoms with E-state index in [1.807, 2.05) is 0 Å². The fourth-order valence-electron chi connectivity index (χ4n) is 1.30. The van der Waals surface area contributed by atoms with Crippen molar-refractivity contribution in [3.05, 3.63) is 29.8 Å². The lowest BCUT2D eigenvalue weighted by Crippen LogP contribution is -2.42. The standard InChI is InChI=1S/C11H12ClNO4/c12-6-10(15)13-9(11(16)17)5-7-1-3-8(14)4-2-7/h1-4,9,14H,5-6H2,(H,13,15)(H,16,17)/t9-/m1/s1. The highest BCUT2D eigenvalue weighted by molar-refractivity contribution is 6.27. The van der Waals surface area contributed by atoms with Crippen LogP contribution in [-0.2, 0) is 16.0 Å². The van der Waals surface area contributed by atoms with E-state index in [2.05, 4.69) is 5.32 Å². The predicted molar refractivity (Wildman–Crippen MR) is 62.1 cm³/mol. The Hall–Kier alpha value is -1.75. The van der Waals surface area contributed by atoms with Crippen molar-refractivity contribution in [1.82, 2.24) is 5.32 Å². The van der Waals surface area contributed by atoms with E-state index in [1.165, 1.54) is 12.1 Å². The molecule has 0 aromatic heterocycles. The van der Waals surface area contributed by atoms with Crippen LogP contribution >= 0.6 is 11.6 Å². The molecule has 5 nitrogen and oxygen atoms in total.